The zero-order valence-electron chi connectivity index (χ0n) is 8.60. The van der Waals surface area contributed by atoms with Crippen LogP contribution in [0.3, 0.4) is 0 Å². The number of carbonyl (C=O) groups is 1. The number of hydrazone groups is 1. The van der Waals surface area contributed by atoms with Crippen LogP contribution in [0.2, 0.25) is 0 Å². The van der Waals surface area contributed by atoms with E-state index in [4.69, 9.17) is 0 Å². The third-order valence-electron chi connectivity index (χ3n) is 2.43. The molecule has 1 heterocycles. The molecule has 0 bridgehead atoms. The Hall–Kier alpha value is -1.71. The largest absolute Gasteiger partial charge is 0.272 e. The van der Waals surface area contributed by atoms with Gasteiger partial charge in [0.2, 0.25) is 0 Å². The van der Waals surface area contributed by atoms with Gasteiger partial charge in [0, 0.05) is 18.1 Å². The van der Waals surface area contributed by atoms with E-state index in [0.717, 1.165) is 5.71 Å². The highest BCUT2D eigenvalue weighted by Crippen LogP contribution is 2.30. The van der Waals surface area contributed by atoms with Crippen molar-refractivity contribution in [2.45, 2.75) is 19.8 Å². The van der Waals surface area contributed by atoms with Crippen LogP contribution in [0.5, 0.6) is 0 Å². The molecule has 4 heteroatoms. The Morgan fingerprint density at radius 1 is 1.60 bits per heavy atom. The first-order valence-electron chi connectivity index (χ1n) is 5.02. The molecule has 0 spiro atoms. The quantitative estimate of drug-likeness (QED) is 0.599. The number of hydrogen-bond acceptors (Lipinski definition) is 3. The van der Waals surface area contributed by atoms with Gasteiger partial charge in [-0.1, -0.05) is 0 Å². The molecule has 1 aliphatic carbocycles. The maximum Gasteiger partial charge on any atom is 0.272 e. The molecule has 4 nitrogen and oxygen atoms in total. The summed E-state index contributed by atoms with van der Waals surface area (Å²) >= 11 is 0. The van der Waals surface area contributed by atoms with Crippen molar-refractivity contribution < 1.29 is 4.79 Å². The van der Waals surface area contributed by atoms with Crippen molar-refractivity contribution in [3.05, 3.63) is 30.1 Å². The van der Waals surface area contributed by atoms with Gasteiger partial charge in [0.15, 0.2) is 0 Å². The van der Waals surface area contributed by atoms with Crippen LogP contribution in [0.25, 0.3) is 0 Å². The minimum atomic E-state index is -0.205. The van der Waals surface area contributed by atoms with Gasteiger partial charge in [-0.25, -0.2) is 5.43 Å². The Balaban J connectivity index is 1.95. The van der Waals surface area contributed by atoms with Crippen LogP contribution in [0.1, 0.15) is 30.1 Å². The molecule has 0 aromatic carbocycles. The summed E-state index contributed by atoms with van der Waals surface area (Å²) in [5.74, 6) is 0.377. The number of nitrogens with zero attached hydrogens (tertiary/aromatic N) is 2. The molecule has 1 amide bonds. The molecule has 2 rings (SSSR count). The van der Waals surface area contributed by atoms with Crippen molar-refractivity contribution in [2.24, 2.45) is 11.0 Å². The van der Waals surface area contributed by atoms with E-state index in [1.54, 1.807) is 18.3 Å². The molecule has 0 radical (unpaired) electrons. The smallest absolute Gasteiger partial charge is 0.267 e. The molecule has 78 valence electrons. The SMILES string of the molecule is CC(=NNC(=O)c1cccnc1)C1CC1. The van der Waals surface area contributed by atoms with E-state index in [2.05, 4.69) is 15.5 Å². The maximum absolute atomic E-state index is 11.5. The number of carbonyl (C=O) groups excluding carboxylic acids is 1. The van der Waals surface area contributed by atoms with Crippen LogP contribution < -0.4 is 5.43 Å². The predicted octanol–water partition coefficient (Wildman–Crippen LogP) is 1.60. The van der Waals surface area contributed by atoms with Gasteiger partial charge in [0.05, 0.1) is 5.56 Å². The van der Waals surface area contributed by atoms with E-state index in [1.165, 1.54) is 19.0 Å². The molecule has 1 saturated carbocycles. The lowest BCUT2D eigenvalue weighted by Crippen LogP contribution is -2.19. The lowest BCUT2D eigenvalue weighted by Gasteiger charge is -2.00. The molecule has 15 heavy (non-hydrogen) atoms. The average Bonchev–Trinajstić information content (AvgIpc) is 3.10. The number of pyridine rings is 1. The fraction of sp³-hybridized carbons (Fsp3) is 0.364. The van der Waals surface area contributed by atoms with Crippen LogP contribution in [0, 0.1) is 5.92 Å². The Morgan fingerprint density at radius 3 is 3.00 bits per heavy atom. The monoisotopic (exact) mass is 203 g/mol. The molecule has 1 aromatic rings. The summed E-state index contributed by atoms with van der Waals surface area (Å²) in [6, 6.07) is 3.44. The van der Waals surface area contributed by atoms with Gasteiger partial charge >= 0.3 is 0 Å². The summed E-state index contributed by atoms with van der Waals surface area (Å²) in [6.07, 6.45) is 5.54. The summed E-state index contributed by atoms with van der Waals surface area (Å²) in [5, 5.41) is 4.05. The van der Waals surface area contributed by atoms with Gasteiger partial charge in [-0.3, -0.25) is 9.78 Å². The minimum absolute atomic E-state index is 0.205. The summed E-state index contributed by atoms with van der Waals surface area (Å²) < 4.78 is 0. The second-order valence-corrected chi connectivity index (χ2v) is 3.71. The van der Waals surface area contributed by atoms with Gasteiger partial charge in [-0.15, -0.1) is 0 Å². The summed E-state index contributed by atoms with van der Waals surface area (Å²) in [4.78, 5) is 15.4. The van der Waals surface area contributed by atoms with Crippen LogP contribution in [-0.2, 0) is 0 Å². The molecular weight excluding hydrogens is 190 g/mol. The van der Waals surface area contributed by atoms with Crippen molar-refractivity contribution in [2.75, 3.05) is 0 Å². The Labute approximate surface area is 88.4 Å². The normalized spacial score (nSPS) is 16.2. The average molecular weight is 203 g/mol. The topological polar surface area (TPSA) is 54.4 Å². The van der Waals surface area contributed by atoms with Crippen molar-refractivity contribution >= 4 is 11.6 Å². The zero-order chi connectivity index (χ0) is 10.7. The third-order valence-corrected chi connectivity index (χ3v) is 2.43. The molecule has 0 saturated heterocycles. The van der Waals surface area contributed by atoms with Crippen molar-refractivity contribution in [1.82, 2.24) is 10.4 Å². The van der Waals surface area contributed by atoms with Gasteiger partial charge in [0.1, 0.15) is 0 Å². The Bertz CT molecular complexity index is 382. The lowest BCUT2D eigenvalue weighted by molar-refractivity contribution is 0.0954. The first-order chi connectivity index (χ1) is 7.27. The van der Waals surface area contributed by atoms with Crippen LogP contribution in [0.4, 0.5) is 0 Å². The minimum Gasteiger partial charge on any atom is -0.267 e. The number of hydrogen-bond donors (Lipinski definition) is 1. The number of aromatic nitrogens is 1. The Morgan fingerprint density at radius 2 is 2.40 bits per heavy atom. The van der Waals surface area contributed by atoms with E-state index in [9.17, 15) is 4.79 Å². The zero-order valence-corrected chi connectivity index (χ0v) is 8.60. The van der Waals surface area contributed by atoms with Crippen molar-refractivity contribution in [3.8, 4) is 0 Å². The van der Waals surface area contributed by atoms with Gasteiger partial charge in [-0.2, -0.15) is 5.10 Å². The molecule has 1 aromatic heterocycles. The highest BCUT2D eigenvalue weighted by molar-refractivity contribution is 5.95. The van der Waals surface area contributed by atoms with Gasteiger partial charge in [-0.05, 0) is 37.8 Å². The summed E-state index contributed by atoms with van der Waals surface area (Å²) in [6.45, 7) is 1.95. The van der Waals surface area contributed by atoms with E-state index in [-0.39, 0.29) is 5.91 Å². The molecule has 1 N–H and O–H groups in total. The molecule has 1 aliphatic rings. The van der Waals surface area contributed by atoms with E-state index < -0.39 is 0 Å². The molecule has 0 unspecified atom stereocenters. The van der Waals surface area contributed by atoms with E-state index >= 15 is 0 Å². The molecule has 0 atom stereocenters. The maximum atomic E-state index is 11.5. The van der Waals surface area contributed by atoms with Crippen molar-refractivity contribution in [3.63, 3.8) is 0 Å². The lowest BCUT2D eigenvalue weighted by atomic mass is 10.3. The van der Waals surface area contributed by atoms with Crippen molar-refractivity contribution in [1.29, 1.82) is 0 Å². The number of rotatable bonds is 3. The second kappa shape index (κ2) is 4.21. The Kier molecular flexibility index (Phi) is 2.76. The molecular formula is C11H13N3O. The van der Waals surface area contributed by atoms with E-state index in [0.29, 0.717) is 11.5 Å². The standard InChI is InChI=1S/C11H13N3O/c1-8(9-4-5-9)13-14-11(15)10-3-2-6-12-7-10/h2-3,6-7,9H,4-5H2,1H3,(H,14,15). The highest BCUT2D eigenvalue weighted by atomic mass is 16.2. The molecule has 0 aliphatic heterocycles. The summed E-state index contributed by atoms with van der Waals surface area (Å²) in [5.41, 5.74) is 4.07. The number of amides is 1. The van der Waals surface area contributed by atoms with Crippen LogP contribution in [-0.4, -0.2) is 16.6 Å². The predicted molar refractivity (Wildman–Crippen MR) is 57.5 cm³/mol. The van der Waals surface area contributed by atoms with Gasteiger partial charge < -0.3 is 0 Å². The summed E-state index contributed by atoms with van der Waals surface area (Å²) in [7, 11) is 0. The van der Waals surface area contributed by atoms with E-state index in [1.807, 2.05) is 6.92 Å². The fourth-order valence-corrected chi connectivity index (χ4v) is 1.29. The highest BCUT2D eigenvalue weighted by Gasteiger charge is 2.24. The third kappa shape index (κ3) is 2.62. The van der Waals surface area contributed by atoms with Crippen LogP contribution in [0.15, 0.2) is 29.6 Å². The van der Waals surface area contributed by atoms with Crippen LogP contribution >= 0.6 is 0 Å². The van der Waals surface area contributed by atoms with Gasteiger partial charge in [0.25, 0.3) is 5.91 Å². The fourth-order valence-electron chi connectivity index (χ4n) is 1.29. The second-order valence-electron chi connectivity index (χ2n) is 3.71. The number of nitrogens with one attached hydrogen (secondary N) is 1. The first-order valence-corrected chi connectivity index (χ1v) is 5.02. The molecule has 1 fully saturated rings. The first kappa shape index (κ1) is 9.83.